The smallest absolute Gasteiger partial charge is 0.416 e. The van der Waals surface area contributed by atoms with Crippen LogP contribution in [-0.2, 0) is 6.18 Å². The summed E-state index contributed by atoms with van der Waals surface area (Å²) >= 11 is 9.16. The number of hydrogen-bond donors (Lipinski definition) is 2. The Morgan fingerprint density at radius 3 is 2.58 bits per heavy atom. The van der Waals surface area contributed by atoms with Gasteiger partial charge >= 0.3 is 6.18 Å². The van der Waals surface area contributed by atoms with Crippen molar-refractivity contribution in [3.05, 3.63) is 68.6 Å². The molecule has 0 atom stereocenters. The highest BCUT2D eigenvalue weighted by Crippen LogP contribution is 2.34. The van der Waals surface area contributed by atoms with Crippen LogP contribution in [0.4, 0.5) is 18.9 Å². The van der Waals surface area contributed by atoms with Crippen molar-refractivity contribution in [1.82, 2.24) is 0 Å². The molecule has 9 heteroatoms. The zero-order valence-electron chi connectivity index (χ0n) is 12.7. The van der Waals surface area contributed by atoms with E-state index in [2.05, 4.69) is 21.2 Å². The first-order valence-electron chi connectivity index (χ1n) is 7.11. The van der Waals surface area contributed by atoms with Gasteiger partial charge in [-0.2, -0.15) is 13.2 Å². The number of carbonyl (C=O) groups excluding carboxylic acids is 1. The largest absolute Gasteiger partial charge is 0.438 e. The molecule has 0 unspecified atom stereocenters. The average molecular weight is 446 g/mol. The summed E-state index contributed by atoms with van der Waals surface area (Å²) in [7, 11) is 0. The molecule has 3 aromatic rings. The summed E-state index contributed by atoms with van der Waals surface area (Å²) in [5.74, 6) is -0.804. The third-order valence-electron chi connectivity index (χ3n) is 3.51. The van der Waals surface area contributed by atoms with E-state index in [0.717, 1.165) is 22.7 Å². The van der Waals surface area contributed by atoms with Crippen molar-refractivity contribution >= 4 is 50.1 Å². The first-order chi connectivity index (χ1) is 12.1. The minimum absolute atomic E-state index is 0.0571. The summed E-state index contributed by atoms with van der Waals surface area (Å²) in [6, 6.07) is 9.05. The van der Waals surface area contributed by atoms with Crippen LogP contribution >= 0.6 is 27.5 Å². The number of halogens is 5. The quantitative estimate of drug-likeness (QED) is 0.539. The maximum absolute atomic E-state index is 12.8. The van der Waals surface area contributed by atoms with Crippen molar-refractivity contribution in [2.24, 2.45) is 0 Å². The number of alkyl halides is 3. The molecule has 26 heavy (non-hydrogen) atoms. The molecule has 2 N–H and O–H groups in total. The maximum Gasteiger partial charge on any atom is 0.416 e. The number of carbonyl (C=O) groups is 1. The summed E-state index contributed by atoms with van der Waals surface area (Å²) in [6.07, 6.45) is -4.57. The van der Waals surface area contributed by atoms with Crippen molar-refractivity contribution in [3.8, 4) is 0 Å². The van der Waals surface area contributed by atoms with E-state index >= 15 is 0 Å². The van der Waals surface area contributed by atoms with Gasteiger partial charge in [0.15, 0.2) is 0 Å². The molecule has 0 saturated heterocycles. The highest BCUT2D eigenvalue weighted by Gasteiger charge is 2.31. The van der Waals surface area contributed by atoms with Crippen LogP contribution in [0.3, 0.4) is 0 Å². The van der Waals surface area contributed by atoms with E-state index in [1.165, 1.54) is 6.07 Å². The standard InChI is InChI=1S/C17H9BrClF3N2O2/c18-10-2-4-14-8(5-10)6-11(15(23)26-14)16(25)24-13-7-9(17(20,21)22)1-3-12(13)19/h1-7,23H,(H,24,25). The van der Waals surface area contributed by atoms with Crippen LogP contribution in [0.15, 0.2) is 51.4 Å². The van der Waals surface area contributed by atoms with Crippen LogP contribution in [0.5, 0.6) is 0 Å². The number of hydrogen-bond acceptors (Lipinski definition) is 3. The fourth-order valence-electron chi connectivity index (χ4n) is 2.27. The second kappa shape index (κ2) is 6.77. The highest BCUT2D eigenvalue weighted by molar-refractivity contribution is 9.10. The molecule has 1 amide bonds. The van der Waals surface area contributed by atoms with E-state index in [9.17, 15) is 18.0 Å². The minimum atomic E-state index is -4.57. The van der Waals surface area contributed by atoms with Crippen LogP contribution in [0.1, 0.15) is 15.9 Å². The Morgan fingerprint density at radius 2 is 1.88 bits per heavy atom. The molecule has 3 rings (SSSR count). The molecule has 4 nitrogen and oxygen atoms in total. The van der Waals surface area contributed by atoms with Crippen molar-refractivity contribution in [2.75, 3.05) is 5.32 Å². The summed E-state index contributed by atoms with van der Waals surface area (Å²) in [5.41, 5.74) is -1.31. The van der Waals surface area contributed by atoms with Crippen LogP contribution in [0.2, 0.25) is 5.02 Å². The van der Waals surface area contributed by atoms with Gasteiger partial charge in [-0.3, -0.25) is 10.2 Å². The third-order valence-corrected chi connectivity index (χ3v) is 4.34. The lowest BCUT2D eigenvalue weighted by molar-refractivity contribution is -0.137. The monoisotopic (exact) mass is 444 g/mol. The summed E-state index contributed by atoms with van der Waals surface area (Å²) in [6.45, 7) is 0. The van der Waals surface area contributed by atoms with E-state index in [0.29, 0.717) is 11.0 Å². The van der Waals surface area contributed by atoms with Crippen LogP contribution in [0.25, 0.3) is 11.0 Å². The lowest BCUT2D eigenvalue weighted by Gasteiger charge is -2.12. The predicted octanol–water partition coefficient (Wildman–Crippen LogP) is 5.60. The Bertz CT molecular complexity index is 1080. The van der Waals surface area contributed by atoms with Gasteiger partial charge in [-0.05, 0) is 42.5 Å². The topological polar surface area (TPSA) is 66.1 Å². The van der Waals surface area contributed by atoms with Gasteiger partial charge in [-0.15, -0.1) is 0 Å². The molecule has 134 valence electrons. The van der Waals surface area contributed by atoms with E-state index in [1.807, 2.05) is 0 Å². The molecular weight excluding hydrogens is 437 g/mol. The zero-order chi connectivity index (χ0) is 19.1. The van der Waals surface area contributed by atoms with Gasteiger partial charge in [0, 0.05) is 9.86 Å². The van der Waals surface area contributed by atoms with Gasteiger partial charge in [0.1, 0.15) is 11.1 Å². The maximum atomic E-state index is 12.8. The average Bonchev–Trinajstić information content (AvgIpc) is 2.55. The molecule has 0 fully saturated rings. The fraction of sp³-hybridized carbons (Fsp3) is 0.0588. The van der Waals surface area contributed by atoms with Crippen molar-refractivity contribution < 1.29 is 22.4 Å². The third kappa shape index (κ3) is 3.76. The van der Waals surface area contributed by atoms with Crippen LogP contribution in [-0.4, -0.2) is 5.91 Å². The van der Waals surface area contributed by atoms with Gasteiger partial charge in [-0.1, -0.05) is 27.5 Å². The number of anilines is 1. The molecule has 2 aromatic carbocycles. The summed E-state index contributed by atoms with van der Waals surface area (Å²) in [4.78, 5) is 12.4. The first kappa shape index (κ1) is 18.5. The lowest BCUT2D eigenvalue weighted by Crippen LogP contribution is -2.21. The number of nitrogens with one attached hydrogen (secondary N) is 2. The second-order valence-electron chi connectivity index (χ2n) is 5.32. The number of rotatable bonds is 2. The fourth-order valence-corrected chi connectivity index (χ4v) is 2.81. The number of fused-ring (bicyclic) bond motifs is 1. The Kier molecular flexibility index (Phi) is 4.81. The molecule has 1 aromatic heterocycles. The van der Waals surface area contributed by atoms with Crippen molar-refractivity contribution in [3.63, 3.8) is 0 Å². The van der Waals surface area contributed by atoms with Gasteiger partial charge in [0.2, 0.25) is 5.55 Å². The summed E-state index contributed by atoms with van der Waals surface area (Å²) < 4.78 is 44.5. The first-order valence-corrected chi connectivity index (χ1v) is 8.28. The Balaban J connectivity index is 1.99. The minimum Gasteiger partial charge on any atom is -0.438 e. The van der Waals surface area contributed by atoms with Crippen molar-refractivity contribution in [2.45, 2.75) is 6.18 Å². The van der Waals surface area contributed by atoms with Gasteiger partial charge in [0.05, 0.1) is 16.3 Å². The Morgan fingerprint density at radius 1 is 1.15 bits per heavy atom. The van der Waals surface area contributed by atoms with Gasteiger partial charge in [-0.25, -0.2) is 0 Å². The highest BCUT2D eigenvalue weighted by atomic mass is 79.9. The molecule has 0 radical (unpaired) electrons. The summed E-state index contributed by atoms with van der Waals surface area (Å²) in [5, 5.41) is 10.6. The number of amides is 1. The zero-order valence-corrected chi connectivity index (χ0v) is 15.1. The normalized spacial score (nSPS) is 11.6. The van der Waals surface area contributed by atoms with Crippen LogP contribution in [0, 0.1) is 5.41 Å². The molecule has 1 heterocycles. The molecule has 0 aliphatic carbocycles. The Hall–Kier alpha value is -2.32. The molecule has 0 aliphatic rings. The lowest BCUT2D eigenvalue weighted by atomic mass is 10.1. The molecule has 0 bridgehead atoms. The molecule has 0 spiro atoms. The van der Waals surface area contributed by atoms with E-state index < -0.39 is 23.2 Å². The number of benzene rings is 2. The molecule has 0 aliphatic heterocycles. The second-order valence-corrected chi connectivity index (χ2v) is 6.64. The Labute approximate surface area is 158 Å². The van der Waals surface area contributed by atoms with Gasteiger partial charge < -0.3 is 9.73 Å². The van der Waals surface area contributed by atoms with Crippen molar-refractivity contribution in [1.29, 1.82) is 5.41 Å². The molecule has 0 saturated carbocycles. The van der Waals surface area contributed by atoms with Crippen LogP contribution < -0.4 is 10.9 Å². The van der Waals surface area contributed by atoms with E-state index in [-0.39, 0.29) is 16.3 Å². The molecular formula is C17H9BrClF3N2O2. The predicted molar refractivity (Wildman–Crippen MR) is 94.2 cm³/mol. The van der Waals surface area contributed by atoms with E-state index in [4.69, 9.17) is 21.4 Å². The van der Waals surface area contributed by atoms with Gasteiger partial charge in [0.25, 0.3) is 5.91 Å². The van der Waals surface area contributed by atoms with E-state index in [1.54, 1.807) is 18.2 Å². The SMILES string of the molecule is N=c1oc2ccc(Br)cc2cc1C(=O)Nc1cc(C(F)(F)F)ccc1Cl.